The molecule has 2 nitrogen and oxygen atoms in total. The average Bonchev–Trinajstić information content (AvgIpc) is 3.13. The van der Waals surface area contributed by atoms with Crippen molar-refractivity contribution >= 4 is 11.6 Å². The van der Waals surface area contributed by atoms with Gasteiger partial charge in [0.1, 0.15) is 11.6 Å². The van der Waals surface area contributed by atoms with Crippen LogP contribution in [0.4, 0.5) is 4.39 Å². The van der Waals surface area contributed by atoms with E-state index in [0.717, 1.165) is 31.2 Å². The number of rotatable bonds is 4. The van der Waals surface area contributed by atoms with Crippen molar-refractivity contribution in [2.24, 2.45) is 5.73 Å². The number of hydrogen-bond donors (Lipinski definition) is 1. The van der Waals surface area contributed by atoms with Gasteiger partial charge in [-0.2, -0.15) is 0 Å². The smallest absolute Gasteiger partial charge is 0.142 e. The van der Waals surface area contributed by atoms with Crippen LogP contribution in [0.15, 0.2) is 12.1 Å². The third kappa shape index (κ3) is 1.99. The van der Waals surface area contributed by atoms with Crippen LogP contribution in [0, 0.1) is 5.82 Å². The third-order valence-corrected chi connectivity index (χ3v) is 4.29. The zero-order valence-corrected chi connectivity index (χ0v) is 11.1. The van der Waals surface area contributed by atoms with Crippen LogP contribution in [0.25, 0.3) is 0 Å². The van der Waals surface area contributed by atoms with Crippen LogP contribution < -0.4 is 10.5 Å². The van der Waals surface area contributed by atoms with E-state index in [2.05, 4.69) is 0 Å². The van der Waals surface area contributed by atoms with Crippen LogP contribution in [0.2, 0.25) is 5.02 Å². The molecule has 0 saturated heterocycles. The van der Waals surface area contributed by atoms with Gasteiger partial charge in [-0.1, -0.05) is 11.6 Å². The standard InChI is InChI=1S/C14H17ClFNO/c1-8(17)14(4-5-14)11-6-9(16)7-12(15)13(11)18-10-2-3-10/h6-8,10H,2-5,17H2,1H3. The van der Waals surface area contributed by atoms with Crippen LogP contribution in [-0.4, -0.2) is 12.1 Å². The maximum Gasteiger partial charge on any atom is 0.142 e. The molecular weight excluding hydrogens is 253 g/mol. The van der Waals surface area contributed by atoms with Crippen LogP contribution in [0.5, 0.6) is 5.75 Å². The van der Waals surface area contributed by atoms with Crippen molar-refractivity contribution in [2.45, 2.75) is 50.2 Å². The largest absolute Gasteiger partial charge is 0.489 e. The molecule has 0 aliphatic heterocycles. The predicted molar refractivity (Wildman–Crippen MR) is 69.6 cm³/mol. The lowest BCUT2D eigenvalue weighted by Gasteiger charge is -2.24. The molecule has 4 heteroatoms. The molecule has 0 spiro atoms. The lowest BCUT2D eigenvalue weighted by molar-refractivity contribution is 0.295. The van der Waals surface area contributed by atoms with E-state index in [9.17, 15) is 4.39 Å². The maximum absolute atomic E-state index is 13.6. The number of ether oxygens (including phenoxy) is 1. The van der Waals surface area contributed by atoms with Gasteiger partial charge < -0.3 is 10.5 Å². The SMILES string of the molecule is CC(N)C1(c2cc(F)cc(Cl)c2OC2CC2)CC1. The van der Waals surface area contributed by atoms with Crippen LogP contribution in [0.1, 0.15) is 38.2 Å². The van der Waals surface area contributed by atoms with Gasteiger partial charge in [0.15, 0.2) is 0 Å². The van der Waals surface area contributed by atoms with Crippen molar-refractivity contribution < 1.29 is 9.13 Å². The van der Waals surface area contributed by atoms with Crippen molar-refractivity contribution in [3.05, 3.63) is 28.5 Å². The second-order valence-corrected chi connectivity index (χ2v) is 5.93. The van der Waals surface area contributed by atoms with Gasteiger partial charge in [0.2, 0.25) is 0 Å². The fraction of sp³-hybridized carbons (Fsp3) is 0.571. The highest BCUT2D eigenvalue weighted by molar-refractivity contribution is 6.32. The average molecular weight is 270 g/mol. The van der Waals surface area contributed by atoms with E-state index in [0.29, 0.717) is 10.8 Å². The predicted octanol–water partition coefficient (Wildman–Crippen LogP) is 3.40. The van der Waals surface area contributed by atoms with Crippen LogP contribution >= 0.6 is 11.6 Å². The molecule has 1 aromatic carbocycles. The highest BCUT2D eigenvalue weighted by Crippen LogP contribution is 2.55. The zero-order valence-electron chi connectivity index (χ0n) is 10.4. The van der Waals surface area contributed by atoms with Gasteiger partial charge in [0, 0.05) is 17.0 Å². The van der Waals surface area contributed by atoms with E-state index in [-0.39, 0.29) is 23.4 Å². The Morgan fingerprint density at radius 2 is 2.11 bits per heavy atom. The molecule has 3 rings (SSSR count). The summed E-state index contributed by atoms with van der Waals surface area (Å²) in [6, 6.07) is 2.84. The molecule has 2 aliphatic rings. The van der Waals surface area contributed by atoms with Crippen molar-refractivity contribution in [3.63, 3.8) is 0 Å². The van der Waals surface area contributed by atoms with E-state index in [1.165, 1.54) is 6.07 Å². The Hall–Kier alpha value is -0.800. The first-order valence-electron chi connectivity index (χ1n) is 6.45. The summed E-state index contributed by atoms with van der Waals surface area (Å²) in [4.78, 5) is 0. The first kappa shape index (κ1) is 12.2. The number of benzene rings is 1. The van der Waals surface area contributed by atoms with E-state index in [1.807, 2.05) is 6.92 Å². The van der Waals surface area contributed by atoms with Crippen molar-refractivity contribution in [3.8, 4) is 5.75 Å². The Kier molecular flexibility index (Phi) is 2.79. The summed E-state index contributed by atoms with van der Waals surface area (Å²) in [6.07, 6.45) is 4.31. The molecule has 0 amide bonds. The second kappa shape index (κ2) is 4.10. The van der Waals surface area contributed by atoms with Gasteiger partial charge in [-0.15, -0.1) is 0 Å². The number of halogens is 2. The Labute approximate surface area is 111 Å². The molecule has 2 N–H and O–H groups in total. The molecule has 2 aliphatic carbocycles. The highest BCUT2D eigenvalue weighted by atomic mass is 35.5. The molecule has 1 aromatic rings. The van der Waals surface area contributed by atoms with E-state index < -0.39 is 0 Å². The molecule has 2 fully saturated rings. The van der Waals surface area contributed by atoms with Crippen molar-refractivity contribution in [1.29, 1.82) is 0 Å². The number of hydrogen-bond acceptors (Lipinski definition) is 2. The molecule has 1 unspecified atom stereocenters. The van der Waals surface area contributed by atoms with Crippen LogP contribution in [0.3, 0.4) is 0 Å². The van der Waals surface area contributed by atoms with Gasteiger partial charge in [-0.3, -0.25) is 0 Å². The van der Waals surface area contributed by atoms with E-state index in [4.69, 9.17) is 22.1 Å². The van der Waals surface area contributed by atoms with Gasteiger partial charge in [-0.05, 0) is 44.7 Å². The summed E-state index contributed by atoms with van der Waals surface area (Å²) in [6.45, 7) is 1.96. The normalized spacial score (nSPS) is 22.7. The summed E-state index contributed by atoms with van der Waals surface area (Å²) in [5.41, 5.74) is 6.77. The molecule has 1 atom stereocenters. The molecular formula is C14H17ClFNO. The zero-order chi connectivity index (χ0) is 12.9. The summed E-state index contributed by atoms with van der Waals surface area (Å²) < 4.78 is 19.5. The Morgan fingerprint density at radius 1 is 1.44 bits per heavy atom. The Bertz CT molecular complexity index is 481. The lowest BCUT2D eigenvalue weighted by atomic mass is 9.88. The first-order valence-corrected chi connectivity index (χ1v) is 6.82. The first-order chi connectivity index (χ1) is 8.53. The minimum absolute atomic E-state index is 0.0167. The summed E-state index contributed by atoms with van der Waals surface area (Å²) in [7, 11) is 0. The highest BCUT2D eigenvalue weighted by Gasteiger charge is 2.50. The minimum Gasteiger partial charge on any atom is -0.489 e. The van der Waals surface area contributed by atoms with E-state index >= 15 is 0 Å². The summed E-state index contributed by atoms with van der Waals surface area (Å²) in [5.74, 6) is 0.334. The lowest BCUT2D eigenvalue weighted by Crippen LogP contribution is -2.32. The third-order valence-electron chi connectivity index (χ3n) is 4.01. The molecule has 2 saturated carbocycles. The fourth-order valence-electron chi connectivity index (χ4n) is 2.51. The molecule has 98 valence electrons. The number of nitrogens with two attached hydrogens (primary N) is 1. The molecule has 0 aromatic heterocycles. The Balaban J connectivity index is 2.05. The Morgan fingerprint density at radius 3 is 2.61 bits per heavy atom. The quantitative estimate of drug-likeness (QED) is 0.909. The summed E-state index contributed by atoms with van der Waals surface area (Å²) in [5, 5.41) is 0.365. The van der Waals surface area contributed by atoms with Crippen molar-refractivity contribution in [2.75, 3.05) is 0 Å². The van der Waals surface area contributed by atoms with Gasteiger partial charge >= 0.3 is 0 Å². The minimum atomic E-state index is -0.315. The second-order valence-electron chi connectivity index (χ2n) is 5.53. The fourth-order valence-corrected chi connectivity index (χ4v) is 2.76. The van der Waals surface area contributed by atoms with Crippen LogP contribution in [-0.2, 0) is 5.41 Å². The molecule has 18 heavy (non-hydrogen) atoms. The topological polar surface area (TPSA) is 35.2 Å². The monoisotopic (exact) mass is 269 g/mol. The summed E-state index contributed by atoms with van der Waals surface area (Å²) >= 11 is 6.14. The molecule has 0 heterocycles. The van der Waals surface area contributed by atoms with E-state index in [1.54, 1.807) is 6.07 Å². The van der Waals surface area contributed by atoms with Gasteiger partial charge in [0.25, 0.3) is 0 Å². The van der Waals surface area contributed by atoms with Crippen molar-refractivity contribution in [1.82, 2.24) is 0 Å². The maximum atomic E-state index is 13.6. The molecule has 0 bridgehead atoms. The molecule has 0 radical (unpaired) electrons. The van der Waals surface area contributed by atoms with Gasteiger partial charge in [0.05, 0.1) is 11.1 Å². The van der Waals surface area contributed by atoms with Gasteiger partial charge in [-0.25, -0.2) is 4.39 Å².